The van der Waals surface area contributed by atoms with Crippen LogP contribution in [0.1, 0.15) is 23.3 Å². The van der Waals surface area contributed by atoms with E-state index in [4.69, 9.17) is 4.74 Å². The summed E-state index contributed by atoms with van der Waals surface area (Å²) in [5, 5.41) is 11.4. The summed E-state index contributed by atoms with van der Waals surface area (Å²) in [6.45, 7) is 2.39. The van der Waals surface area contributed by atoms with Gasteiger partial charge in [0.2, 0.25) is 0 Å². The Morgan fingerprint density at radius 2 is 2.38 bits per heavy atom. The Morgan fingerprint density at radius 3 is 3.10 bits per heavy atom. The highest BCUT2D eigenvalue weighted by atomic mass is 32.1. The number of aromatic nitrogens is 1. The van der Waals surface area contributed by atoms with Crippen LogP contribution in [0.3, 0.4) is 0 Å². The maximum Gasteiger partial charge on any atom is 0.146 e. The van der Waals surface area contributed by atoms with Gasteiger partial charge in [-0.2, -0.15) is 5.26 Å². The van der Waals surface area contributed by atoms with E-state index in [1.165, 1.54) is 4.88 Å². The molecule has 1 fully saturated rings. The first-order valence-corrected chi connectivity index (χ1v) is 7.99. The third kappa shape index (κ3) is 3.41. The molecule has 4 nitrogen and oxygen atoms in total. The molecule has 0 spiro atoms. The Labute approximate surface area is 128 Å². The monoisotopic (exact) mass is 299 g/mol. The predicted molar refractivity (Wildman–Crippen MR) is 83.3 cm³/mol. The van der Waals surface area contributed by atoms with E-state index >= 15 is 0 Å². The zero-order valence-electron chi connectivity index (χ0n) is 11.7. The smallest absolute Gasteiger partial charge is 0.146 e. The van der Waals surface area contributed by atoms with Crippen molar-refractivity contribution in [3.8, 4) is 6.07 Å². The van der Waals surface area contributed by atoms with Gasteiger partial charge in [-0.15, -0.1) is 11.3 Å². The molecule has 2 aromatic rings. The molecule has 0 aliphatic carbocycles. The van der Waals surface area contributed by atoms with Gasteiger partial charge in [-0.1, -0.05) is 6.07 Å². The highest BCUT2D eigenvalue weighted by Crippen LogP contribution is 2.23. The van der Waals surface area contributed by atoms with E-state index in [-0.39, 0.29) is 6.10 Å². The van der Waals surface area contributed by atoms with E-state index in [0.717, 1.165) is 38.4 Å². The number of thiophene rings is 1. The summed E-state index contributed by atoms with van der Waals surface area (Å²) in [6.07, 6.45) is 4.17. The van der Waals surface area contributed by atoms with Gasteiger partial charge in [0, 0.05) is 24.2 Å². The first-order chi connectivity index (χ1) is 10.4. The summed E-state index contributed by atoms with van der Waals surface area (Å²) in [7, 11) is 0. The molecule has 5 heteroatoms. The molecule has 3 rings (SSSR count). The highest BCUT2D eigenvalue weighted by Gasteiger charge is 2.22. The second-order valence-electron chi connectivity index (χ2n) is 5.08. The van der Waals surface area contributed by atoms with Crippen molar-refractivity contribution in [2.24, 2.45) is 0 Å². The Kier molecular flexibility index (Phi) is 4.49. The van der Waals surface area contributed by atoms with E-state index in [1.807, 2.05) is 12.1 Å². The van der Waals surface area contributed by atoms with Crippen LogP contribution < -0.4 is 4.90 Å². The van der Waals surface area contributed by atoms with E-state index in [1.54, 1.807) is 23.6 Å². The van der Waals surface area contributed by atoms with E-state index < -0.39 is 0 Å². The Hall–Kier alpha value is -1.90. The number of ether oxygens (including phenoxy) is 1. The fraction of sp³-hybridized carbons (Fsp3) is 0.375. The molecule has 1 aliphatic rings. The molecule has 1 unspecified atom stereocenters. The quantitative estimate of drug-likeness (QED) is 0.850. The predicted octanol–water partition coefficient (Wildman–Crippen LogP) is 3.20. The van der Waals surface area contributed by atoms with Crippen LogP contribution in [0.5, 0.6) is 0 Å². The topological polar surface area (TPSA) is 49.2 Å². The van der Waals surface area contributed by atoms with Crippen molar-refractivity contribution in [2.75, 3.05) is 18.1 Å². The van der Waals surface area contributed by atoms with Crippen molar-refractivity contribution in [2.45, 2.75) is 25.5 Å². The largest absolute Gasteiger partial charge is 0.376 e. The van der Waals surface area contributed by atoms with Gasteiger partial charge in [0.05, 0.1) is 18.2 Å². The van der Waals surface area contributed by atoms with Crippen LogP contribution in [0.25, 0.3) is 0 Å². The molecule has 3 heterocycles. The molecule has 1 saturated heterocycles. The van der Waals surface area contributed by atoms with Gasteiger partial charge in [-0.25, -0.2) is 4.98 Å². The summed E-state index contributed by atoms with van der Waals surface area (Å²) in [4.78, 5) is 7.86. The number of rotatable bonds is 5. The molecule has 21 heavy (non-hydrogen) atoms. The average Bonchev–Trinajstić information content (AvgIpc) is 3.20. The minimum absolute atomic E-state index is 0.235. The van der Waals surface area contributed by atoms with Crippen molar-refractivity contribution >= 4 is 17.2 Å². The lowest BCUT2D eigenvalue weighted by molar-refractivity contribution is 0.115. The molecule has 108 valence electrons. The van der Waals surface area contributed by atoms with Crippen LogP contribution in [-0.2, 0) is 11.3 Å². The van der Waals surface area contributed by atoms with Crippen LogP contribution >= 0.6 is 11.3 Å². The van der Waals surface area contributed by atoms with Gasteiger partial charge in [0.25, 0.3) is 0 Å². The summed E-state index contributed by atoms with van der Waals surface area (Å²) in [6, 6.07) is 10.0. The second-order valence-corrected chi connectivity index (χ2v) is 6.11. The number of nitriles is 1. The molecular formula is C16H17N3OS. The Balaban J connectivity index is 1.85. The van der Waals surface area contributed by atoms with Crippen LogP contribution in [0.4, 0.5) is 5.82 Å². The van der Waals surface area contributed by atoms with Gasteiger partial charge < -0.3 is 9.64 Å². The Bertz CT molecular complexity index is 615. The van der Waals surface area contributed by atoms with Gasteiger partial charge >= 0.3 is 0 Å². The first kappa shape index (κ1) is 14.1. The minimum atomic E-state index is 0.235. The van der Waals surface area contributed by atoms with Crippen molar-refractivity contribution in [3.63, 3.8) is 0 Å². The van der Waals surface area contributed by atoms with E-state index in [2.05, 4.69) is 27.4 Å². The molecule has 0 aromatic carbocycles. The molecule has 0 radical (unpaired) electrons. The fourth-order valence-electron chi connectivity index (χ4n) is 2.59. The molecule has 1 aliphatic heterocycles. The number of pyridine rings is 1. The lowest BCUT2D eigenvalue weighted by Crippen LogP contribution is -2.32. The molecular weight excluding hydrogens is 282 g/mol. The van der Waals surface area contributed by atoms with Gasteiger partial charge in [0.1, 0.15) is 11.9 Å². The number of hydrogen-bond acceptors (Lipinski definition) is 5. The molecule has 2 aromatic heterocycles. The standard InChI is InChI=1S/C16H17N3OS/c17-10-13-4-1-7-18-16(13)19(11-14-5-2-8-20-14)12-15-6-3-9-21-15/h1,3-4,6-7,9,14H,2,5,8,11-12H2. The number of hydrogen-bond donors (Lipinski definition) is 0. The maximum absolute atomic E-state index is 9.31. The zero-order chi connectivity index (χ0) is 14.5. The molecule has 0 N–H and O–H groups in total. The fourth-order valence-corrected chi connectivity index (χ4v) is 3.31. The summed E-state index contributed by atoms with van der Waals surface area (Å²) < 4.78 is 5.75. The Morgan fingerprint density at radius 1 is 1.43 bits per heavy atom. The van der Waals surface area contributed by atoms with Crippen LogP contribution in [-0.4, -0.2) is 24.2 Å². The lowest BCUT2D eigenvalue weighted by Gasteiger charge is -2.26. The third-order valence-corrected chi connectivity index (χ3v) is 4.44. The van der Waals surface area contributed by atoms with E-state index in [9.17, 15) is 5.26 Å². The molecule has 0 amide bonds. The normalized spacial score (nSPS) is 17.6. The van der Waals surface area contributed by atoms with Crippen molar-refractivity contribution in [3.05, 3.63) is 46.3 Å². The zero-order valence-corrected chi connectivity index (χ0v) is 12.6. The summed E-state index contributed by atoms with van der Waals surface area (Å²) in [5.74, 6) is 0.754. The maximum atomic E-state index is 9.31. The van der Waals surface area contributed by atoms with Gasteiger partial charge in [0.15, 0.2) is 0 Å². The van der Waals surface area contributed by atoms with Crippen molar-refractivity contribution in [1.29, 1.82) is 5.26 Å². The van der Waals surface area contributed by atoms with Gasteiger partial charge in [-0.05, 0) is 36.4 Å². The van der Waals surface area contributed by atoms with Crippen LogP contribution in [0, 0.1) is 11.3 Å². The first-order valence-electron chi connectivity index (χ1n) is 7.11. The third-order valence-electron chi connectivity index (χ3n) is 3.58. The SMILES string of the molecule is N#Cc1cccnc1N(Cc1cccs1)CC1CCCO1. The average molecular weight is 299 g/mol. The van der Waals surface area contributed by atoms with Crippen LogP contribution in [0.2, 0.25) is 0 Å². The highest BCUT2D eigenvalue weighted by molar-refractivity contribution is 7.09. The molecule has 0 bridgehead atoms. The van der Waals surface area contributed by atoms with Crippen molar-refractivity contribution in [1.82, 2.24) is 4.98 Å². The minimum Gasteiger partial charge on any atom is -0.376 e. The van der Waals surface area contributed by atoms with Gasteiger partial charge in [-0.3, -0.25) is 0 Å². The van der Waals surface area contributed by atoms with Crippen LogP contribution in [0.15, 0.2) is 35.8 Å². The molecule has 1 atom stereocenters. The second kappa shape index (κ2) is 6.70. The van der Waals surface area contributed by atoms with E-state index in [0.29, 0.717) is 5.56 Å². The lowest BCUT2D eigenvalue weighted by atomic mass is 10.2. The van der Waals surface area contributed by atoms with Crippen molar-refractivity contribution < 1.29 is 4.74 Å². The summed E-state index contributed by atoms with van der Waals surface area (Å²) in [5.41, 5.74) is 0.618. The molecule has 0 saturated carbocycles. The number of anilines is 1. The summed E-state index contributed by atoms with van der Waals surface area (Å²) >= 11 is 1.72. The number of nitrogens with zero attached hydrogens (tertiary/aromatic N) is 3.